The molecule has 0 saturated carbocycles. The summed E-state index contributed by atoms with van der Waals surface area (Å²) in [4.78, 5) is 16.1. The molecule has 2 heterocycles. The molecule has 0 aromatic carbocycles. The van der Waals surface area contributed by atoms with E-state index in [-0.39, 0.29) is 10.9 Å². The van der Waals surface area contributed by atoms with Gasteiger partial charge < -0.3 is 11.1 Å². The lowest BCUT2D eigenvalue weighted by Gasteiger charge is -2.05. The molecule has 8 heteroatoms. The summed E-state index contributed by atoms with van der Waals surface area (Å²) in [5.41, 5.74) is 6.44. The summed E-state index contributed by atoms with van der Waals surface area (Å²) in [5.74, 6) is -0.224. The number of nitrogens with two attached hydrogens (primary N) is 1. The molecule has 3 N–H and O–H groups in total. The molecule has 0 aliphatic rings. The minimum Gasteiger partial charge on any atom is -0.389 e. The number of amides is 1. The number of thiocarbonyl (C=S) groups is 1. The number of aromatic nitrogens is 4. The van der Waals surface area contributed by atoms with Crippen molar-refractivity contribution in [2.24, 2.45) is 5.73 Å². The predicted octanol–water partition coefficient (Wildman–Crippen LogP) is 0.127. The zero-order valence-electron chi connectivity index (χ0n) is 10.7. The van der Waals surface area contributed by atoms with E-state index in [1.165, 1.54) is 6.20 Å². The summed E-state index contributed by atoms with van der Waals surface area (Å²) < 4.78 is 1.71. The monoisotopic (exact) mass is 290 g/mol. The maximum atomic E-state index is 11.8. The first kappa shape index (κ1) is 14.1. The molecule has 1 amide bonds. The van der Waals surface area contributed by atoms with Gasteiger partial charge >= 0.3 is 0 Å². The molecular weight excluding hydrogens is 276 g/mol. The van der Waals surface area contributed by atoms with Crippen molar-refractivity contribution in [3.8, 4) is 0 Å². The molecule has 7 nitrogen and oxygen atoms in total. The Balaban J connectivity index is 1.78. The number of carbonyl (C=O) groups excluding carboxylic acids is 1. The molecule has 0 aliphatic carbocycles. The van der Waals surface area contributed by atoms with E-state index in [0.717, 1.165) is 6.42 Å². The average Bonchev–Trinajstić information content (AvgIpc) is 2.96. The van der Waals surface area contributed by atoms with Gasteiger partial charge in [0, 0.05) is 31.0 Å². The molecule has 2 aromatic heterocycles. The Hall–Kier alpha value is -2.35. The van der Waals surface area contributed by atoms with Crippen molar-refractivity contribution in [2.45, 2.75) is 13.0 Å². The van der Waals surface area contributed by atoms with Crippen LogP contribution in [0.15, 0.2) is 30.7 Å². The lowest BCUT2D eigenvalue weighted by molar-refractivity contribution is 0.0947. The minimum atomic E-state index is -0.224. The van der Waals surface area contributed by atoms with Gasteiger partial charge in [-0.05, 0) is 18.6 Å². The van der Waals surface area contributed by atoms with E-state index in [0.29, 0.717) is 24.3 Å². The Morgan fingerprint density at radius 1 is 1.45 bits per heavy atom. The molecule has 0 radical (unpaired) electrons. The lowest BCUT2D eigenvalue weighted by Crippen LogP contribution is -2.26. The van der Waals surface area contributed by atoms with Gasteiger partial charge in [-0.3, -0.25) is 14.5 Å². The molecule has 0 fully saturated rings. The fourth-order valence-corrected chi connectivity index (χ4v) is 1.68. The number of hydrogen-bond donors (Lipinski definition) is 2. The van der Waals surface area contributed by atoms with Crippen LogP contribution < -0.4 is 11.1 Å². The topological polar surface area (TPSA) is 98.7 Å². The second-order valence-electron chi connectivity index (χ2n) is 4.07. The lowest BCUT2D eigenvalue weighted by atomic mass is 10.2. The summed E-state index contributed by atoms with van der Waals surface area (Å²) in [5, 5.41) is 10.3. The van der Waals surface area contributed by atoms with E-state index >= 15 is 0 Å². The molecular formula is C12H14N6OS. The van der Waals surface area contributed by atoms with E-state index in [4.69, 9.17) is 18.0 Å². The first-order valence-electron chi connectivity index (χ1n) is 6.05. The zero-order chi connectivity index (χ0) is 14.4. The highest BCUT2D eigenvalue weighted by Crippen LogP contribution is 2.00. The minimum absolute atomic E-state index is 0.224. The van der Waals surface area contributed by atoms with Crippen molar-refractivity contribution in [1.82, 2.24) is 25.3 Å². The molecule has 2 rings (SSSR count). The van der Waals surface area contributed by atoms with Gasteiger partial charge in [-0.25, -0.2) is 0 Å². The van der Waals surface area contributed by atoms with Crippen molar-refractivity contribution in [1.29, 1.82) is 0 Å². The summed E-state index contributed by atoms with van der Waals surface area (Å²) >= 11 is 4.82. The third-order valence-corrected chi connectivity index (χ3v) is 2.84. The number of pyridine rings is 1. The van der Waals surface area contributed by atoms with Crippen molar-refractivity contribution in [3.05, 3.63) is 42.0 Å². The summed E-state index contributed by atoms with van der Waals surface area (Å²) in [7, 11) is 0. The molecule has 104 valence electrons. The van der Waals surface area contributed by atoms with E-state index in [1.54, 1.807) is 29.2 Å². The molecule has 0 aliphatic heterocycles. The van der Waals surface area contributed by atoms with Crippen LogP contribution in [0.3, 0.4) is 0 Å². The highest BCUT2D eigenvalue weighted by Gasteiger charge is 2.06. The number of nitrogens with one attached hydrogen (secondary N) is 1. The fourth-order valence-electron chi connectivity index (χ4n) is 1.56. The van der Waals surface area contributed by atoms with Gasteiger partial charge in [0.15, 0.2) is 0 Å². The van der Waals surface area contributed by atoms with Gasteiger partial charge in [0.25, 0.3) is 5.91 Å². The zero-order valence-corrected chi connectivity index (χ0v) is 11.5. The van der Waals surface area contributed by atoms with E-state index in [9.17, 15) is 4.79 Å². The first-order valence-corrected chi connectivity index (χ1v) is 6.46. The van der Waals surface area contributed by atoms with Crippen LogP contribution in [-0.4, -0.2) is 37.4 Å². The van der Waals surface area contributed by atoms with Gasteiger partial charge in [0.05, 0.1) is 6.20 Å². The van der Waals surface area contributed by atoms with Gasteiger partial charge in [0.1, 0.15) is 10.7 Å². The van der Waals surface area contributed by atoms with Gasteiger partial charge in [0.2, 0.25) is 0 Å². The normalized spacial score (nSPS) is 10.2. The Bertz CT molecular complexity index is 581. The Morgan fingerprint density at radius 2 is 2.30 bits per heavy atom. The maximum Gasteiger partial charge on any atom is 0.269 e. The van der Waals surface area contributed by atoms with Crippen LogP contribution in [0.1, 0.15) is 22.5 Å². The molecule has 0 saturated heterocycles. The Labute approximate surface area is 121 Å². The summed E-state index contributed by atoms with van der Waals surface area (Å²) in [6, 6.07) is 3.28. The van der Waals surface area contributed by atoms with E-state index < -0.39 is 0 Å². The molecule has 0 unspecified atom stereocenters. The van der Waals surface area contributed by atoms with Gasteiger partial charge in [-0.1, -0.05) is 17.4 Å². The third-order valence-electron chi connectivity index (χ3n) is 2.60. The van der Waals surface area contributed by atoms with E-state index in [1.807, 2.05) is 0 Å². The van der Waals surface area contributed by atoms with Crippen molar-refractivity contribution >= 4 is 23.1 Å². The highest BCUT2D eigenvalue weighted by molar-refractivity contribution is 7.80. The van der Waals surface area contributed by atoms with Crippen molar-refractivity contribution in [3.63, 3.8) is 0 Å². The van der Waals surface area contributed by atoms with Crippen LogP contribution in [0.2, 0.25) is 0 Å². The van der Waals surface area contributed by atoms with Gasteiger partial charge in [-0.15, -0.1) is 5.10 Å². The van der Waals surface area contributed by atoms with Crippen LogP contribution in [0.25, 0.3) is 0 Å². The second-order valence-corrected chi connectivity index (χ2v) is 4.51. The number of carbonyl (C=O) groups is 1. The standard InChI is InChI=1S/C12H14N6OS/c13-11(20)9-2-3-10(15-8-9)12(19)14-4-1-6-18-7-5-16-17-18/h2-3,5,7-8H,1,4,6H2,(H2,13,20)(H,14,19). The quantitative estimate of drug-likeness (QED) is 0.579. The highest BCUT2D eigenvalue weighted by atomic mass is 32.1. The average molecular weight is 290 g/mol. The fraction of sp³-hybridized carbons (Fsp3) is 0.250. The smallest absolute Gasteiger partial charge is 0.269 e. The molecule has 2 aromatic rings. The first-order chi connectivity index (χ1) is 9.66. The van der Waals surface area contributed by atoms with Crippen LogP contribution in [0.5, 0.6) is 0 Å². The second kappa shape index (κ2) is 6.71. The molecule has 0 atom stereocenters. The molecule has 20 heavy (non-hydrogen) atoms. The number of rotatable bonds is 6. The van der Waals surface area contributed by atoms with Crippen molar-refractivity contribution < 1.29 is 4.79 Å². The number of aryl methyl sites for hydroxylation is 1. The Kier molecular flexibility index (Phi) is 4.72. The van der Waals surface area contributed by atoms with Crippen LogP contribution in [0, 0.1) is 0 Å². The predicted molar refractivity (Wildman–Crippen MR) is 77.1 cm³/mol. The Morgan fingerprint density at radius 3 is 2.90 bits per heavy atom. The molecule has 0 bridgehead atoms. The number of hydrogen-bond acceptors (Lipinski definition) is 5. The van der Waals surface area contributed by atoms with Crippen LogP contribution in [-0.2, 0) is 6.54 Å². The van der Waals surface area contributed by atoms with E-state index in [2.05, 4.69) is 20.6 Å². The van der Waals surface area contributed by atoms with Crippen LogP contribution in [0.4, 0.5) is 0 Å². The van der Waals surface area contributed by atoms with Crippen LogP contribution >= 0.6 is 12.2 Å². The number of nitrogens with zero attached hydrogens (tertiary/aromatic N) is 4. The molecule has 0 spiro atoms. The summed E-state index contributed by atoms with van der Waals surface area (Å²) in [6.07, 6.45) is 5.65. The largest absolute Gasteiger partial charge is 0.389 e. The third kappa shape index (κ3) is 3.82. The maximum absolute atomic E-state index is 11.8. The van der Waals surface area contributed by atoms with Gasteiger partial charge in [-0.2, -0.15) is 0 Å². The summed E-state index contributed by atoms with van der Waals surface area (Å²) in [6.45, 7) is 1.24. The SMILES string of the molecule is NC(=S)c1ccc(C(=O)NCCCn2ccnn2)nc1. The van der Waals surface area contributed by atoms with Crippen molar-refractivity contribution in [2.75, 3.05) is 6.54 Å².